The third kappa shape index (κ3) is 3.95. The number of benzene rings is 4. The average Bonchev–Trinajstić information content (AvgIpc) is 3.65. The van der Waals surface area contributed by atoms with Crippen LogP contribution in [0.2, 0.25) is 10.0 Å². The van der Waals surface area contributed by atoms with Crippen LogP contribution in [0, 0.1) is 0 Å². The molecule has 42 heavy (non-hydrogen) atoms. The van der Waals surface area contributed by atoms with Crippen molar-refractivity contribution in [1.82, 2.24) is 5.32 Å². The number of hydrogen-bond donors (Lipinski definition) is 2. The minimum Gasteiger partial charge on any atom is -0.507 e. The van der Waals surface area contributed by atoms with Crippen molar-refractivity contribution < 1.29 is 19.3 Å². The highest BCUT2D eigenvalue weighted by atomic mass is 35.5. The molecule has 3 atom stereocenters. The van der Waals surface area contributed by atoms with Gasteiger partial charge in [0.15, 0.2) is 6.23 Å². The molecule has 8 rings (SSSR count). The van der Waals surface area contributed by atoms with Crippen LogP contribution >= 0.6 is 23.2 Å². The summed E-state index contributed by atoms with van der Waals surface area (Å²) in [4.78, 5) is 4.56. The van der Waals surface area contributed by atoms with Crippen LogP contribution in [0.3, 0.4) is 0 Å². The number of nitrogens with zero attached hydrogens (tertiary/aromatic N) is 5. The molecule has 0 fully saturated rings. The normalized spacial score (nSPS) is 21.3. The van der Waals surface area contributed by atoms with Gasteiger partial charge in [-0.05, 0) is 48.5 Å². The van der Waals surface area contributed by atoms with Crippen molar-refractivity contribution in [2.24, 2.45) is 15.2 Å². The highest BCUT2D eigenvalue weighted by Gasteiger charge is 2.43. The van der Waals surface area contributed by atoms with E-state index >= 15 is 0 Å². The molecule has 4 aliphatic heterocycles. The summed E-state index contributed by atoms with van der Waals surface area (Å²) < 4.78 is 18.7. The van der Waals surface area contributed by atoms with E-state index in [0.717, 1.165) is 11.1 Å². The summed E-state index contributed by atoms with van der Waals surface area (Å²) in [5, 5.41) is 27.7. The number of aliphatic imine (C=N–C) groups is 1. The third-order valence-electron chi connectivity index (χ3n) is 7.17. The summed E-state index contributed by atoms with van der Waals surface area (Å²) in [6, 6.07) is 25.7. The largest absolute Gasteiger partial charge is 0.507 e. The van der Waals surface area contributed by atoms with Gasteiger partial charge in [0.25, 0.3) is 12.7 Å². The second kappa shape index (κ2) is 9.66. The van der Waals surface area contributed by atoms with Gasteiger partial charge in [-0.15, -0.1) is 10.2 Å². The Labute approximate surface area is 249 Å². The van der Waals surface area contributed by atoms with E-state index in [9.17, 15) is 5.11 Å². The lowest BCUT2D eigenvalue weighted by atomic mass is 10.1. The number of anilines is 2. The van der Waals surface area contributed by atoms with Gasteiger partial charge in [-0.2, -0.15) is 5.01 Å². The molecule has 208 valence electrons. The molecule has 4 aromatic carbocycles. The summed E-state index contributed by atoms with van der Waals surface area (Å²) >= 11 is 13.4. The molecule has 0 amide bonds. The fraction of sp³-hybridized carbons (Fsp3) is 0.100. The van der Waals surface area contributed by atoms with Gasteiger partial charge in [0.2, 0.25) is 11.8 Å². The summed E-state index contributed by atoms with van der Waals surface area (Å²) in [7, 11) is 0. The number of phenols is 1. The second-order valence-electron chi connectivity index (χ2n) is 9.73. The summed E-state index contributed by atoms with van der Waals surface area (Å²) in [5.74, 6) is 1.26. The van der Waals surface area contributed by atoms with Gasteiger partial charge in [0.1, 0.15) is 11.5 Å². The van der Waals surface area contributed by atoms with E-state index in [1.54, 1.807) is 34.4 Å². The van der Waals surface area contributed by atoms with Crippen LogP contribution in [0.4, 0.5) is 11.4 Å². The Kier molecular flexibility index (Phi) is 5.74. The van der Waals surface area contributed by atoms with E-state index in [0.29, 0.717) is 50.1 Å². The maximum absolute atomic E-state index is 11.0. The zero-order valence-electron chi connectivity index (χ0n) is 21.6. The van der Waals surface area contributed by atoms with Crippen LogP contribution in [0.15, 0.2) is 100 Å². The first-order valence-corrected chi connectivity index (χ1v) is 13.8. The molecule has 12 heteroatoms. The smallest absolute Gasteiger partial charge is 0.291 e. The van der Waals surface area contributed by atoms with Crippen LogP contribution in [0.5, 0.6) is 11.5 Å². The molecule has 4 aliphatic rings. The topological polar surface area (TPSA) is 104 Å². The predicted octanol–water partition coefficient (Wildman–Crippen LogP) is 5.78. The van der Waals surface area contributed by atoms with Gasteiger partial charge in [-0.25, -0.2) is 15.3 Å². The van der Waals surface area contributed by atoms with Crippen molar-refractivity contribution in [3.8, 4) is 11.5 Å². The van der Waals surface area contributed by atoms with Crippen molar-refractivity contribution in [1.29, 1.82) is 0 Å². The van der Waals surface area contributed by atoms with Crippen LogP contribution in [0.1, 0.15) is 28.5 Å². The van der Waals surface area contributed by atoms with Crippen molar-refractivity contribution in [2.45, 2.75) is 18.9 Å². The highest BCUT2D eigenvalue weighted by Crippen LogP contribution is 2.47. The quantitative estimate of drug-likeness (QED) is 0.307. The Morgan fingerprint density at radius 1 is 0.762 bits per heavy atom. The number of hydrazone groups is 2. The van der Waals surface area contributed by atoms with Crippen LogP contribution in [-0.2, 0) is 9.47 Å². The Morgan fingerprint density at radius 2 is 1.40 bits per heavy atom. The summed E-state index contributed by atoms with van der Waals surface area (Å²) in [6.45, 7) is 0. The van der Waals surface area contributed by atoms with E-state index in [1.807, 2.05) is 60.7 Å². The monoisotopic (exact) mass is 598 g/mol. The van der Waals surface area contributed by atoms with Crippen LogP contribution in [-0.4, -0.2) is 35.8 Å². The Morgan fingerprint density at radius 3 is 2.14 bits per heavy atom. The van der Waals surface area contributed by atoms with Gasteiger partial charge in [-0.1, -0.05) is 59.6 Å². The summed E-state index contributed by atoms with van der Waals surface area (Å²) in [5.41, 5.74) is 3.67. The number of rotatable bonds is 4. The number of fused-ring (bicyclic) bond motifs is 6. The molecule has 3 unspecified atom stereocenters. The number of hydrogen-bond acceptors (Lipinski definition) is 10. The third-order valence-corrected chi connectivity index (χ3v) is 7.78. The van der Waals surface area contributed by atoms with Gasteiger partial charge < -0.3 is 19.3 Å². The zero-order valence-corrected chi connectivity index (χ0v) is 23.1. The van der Waals surface area contributed by atoms with Crippen molar-refractivity contribution in [3.05, 3.63) is 117 Å². The minimum atomic E-state index is -0.875. The molecule has 0 saturated carbocycles. The first-order valence-electron chi connectivity index (χ1n) is 13.0. The predicted molar refractivity (Wildman–Crippen MR) is 159 cm³/mol. The molecule has 10 nitrogen and oxygen atoms in total. The van der Waals surface area contributed by atoms with Crippen molar-refractivity contribution >= 4 is 52.6 Å². The average molecular weight is 599 g/mol. The van der Waals surface area contributed by atoms with Crippen molar-refractivity contribution in [2.75, 3.05) is 10.0 Å². The minimum absolute atomic E-state index is 0.0182. The lowest BCUT2D eigenvalue weighted by molar-refractivity contribution is 0.0637. The Balaban J connectivity index is 1.16. The molecule has 0 spiro atoms. The first-order chi connectivity index (χ1) is 20.5. The van der Waals surface area contributed by atoms with E-state index in [2.05, 4.69) is 20.5 Å². The molecule has 0 radical (unpaired) electrons. The fourth-order valence-corrected chi connectivity index (χ4v) is 5.75. The lowest BCUT2D eigenvalue weighted by Gasteiger charge is -2.36. The molecule has 4 aromatic rings. The maximum Gasteiger partial charge on any atom is 0.291 e. The Bertz CT molecular complexity index is 1820. The van der Waals surface area contributed by atoms with E-state index in [1.165, 1.54) is 6.07 Å². The van der Waals surface area contributed by atoms with Crippen LogP contribution < -0.4 is 20.1 Å². The molecule has 0 aliphatic carbocycles. The molecular weight excluding hydrogens is 579 g/mol. The second-order valence-corrected chi connectivity index (χ2v) is 10.5. The SMILES string of the molecule is Oc1ccc(Cl)c2c1C(Oc1ccc(Cl)c3c1C=NC1OC(c4ccccc4)=NN31)NC1OC(c3ccccc3)=NN21. The lowest BCUT2D eigenvalue weighted by Crippen LogP contribution is -2.49. The van der Waals surface area contributed by atoms with E-state index in [-0.39, 0.29) is 5.75 Å². The Hall–Kier alpha value is -4.77. The molecule has 0 aromatic heterocycles. The molecule has 4 heterocycles. The fourth-order valence-electron chi connectivity index (χ4n) is 5.25. The molecular formula is C30H20Cl2N6O4. The maximum atomic E-state index is 11.0. The number of nitrogens with one attached hydrogen (secondary N) is 1. The van der Waals surface area contributed by atoms with E-state index < -0.39 is 18.9 Å². The van der Waals surface area contributed by atoms with Crippen molar-refractivity contribution in [3.63, 3.8) is 0 Å². The standard InChI is InChI=1S/C30H20Cl2N6O4/c31-19-12-14-22(18-15-33-29-37(24(18)19)35-26(41-29)16-7-3-1-4-8-16)40-28-23-21(39)13-11-20(32)25(23)38-30(34-28)42-27(36-38)17-9-5-2-6-10-17/h1-15,28-30,34,39H. The number of ether oxygens (including phenoxy) is 3. The van der Waals surface area contributed by atoms with Crippen LogP contribution in [0.25, 0.3) is 0 Å². The van der Waals surface area contributed by atoms with E-state index in [4.69, 9.17) is 37.4 Å². The van der Waals surface area contributed by atoms with Gasteiger partial charge in [0.05, 0.1) is 32.5 Å². The number of halogens is 2. The van der Waals surface area contributed by atoms with Gasteiger partial charge >= 0.3 is 0 Å². The molecule has 0 bridgehead atoms. The van der Waals surface area contributed by atoms with Gasteiger partial charge in [0, 0.05) is 17.3 Å². The first kappa shape index (κ1) is 25.0. The number of aromatic hydroxyl groups is 1. The highest BCUT2D eigenvalue weighted by molar-refractivity contribution is 6.34. The zero-order chi connectivity index (χ0) is 28.4. The summed E-state index contributed by atoms with van der Waals surface area (Å²) in [6.07, 6.45) is -0.675. The molecule has 0 saturated heterocycles. The molecule has 2 N–H and O–H groups in total. The van der Waals surface area contributed by atoms with Gasteiger partial charge in [-0.3, -0.25) is 0 Å². The number of phenolic OH excluding ortho intramolecular Hbond substituents is 1.